The van der Waals surface area contributed by atoms with Crippen LogP contribution in [0.1, 0.15) is 22.7 Å². The Bertz CT molecular complexity index is 1140. The van der Waals surface area contributed by atoms with E-state index in [1.807, 2.05) is 109 Å². The van der Waals surface area contributed by atoms with Gasteiger partial charge in [-0.05, 0) is 28.8 Å². The molecule has 170 valence electrons. The summed E-state index contributed by atoms with van der Waals surface area (Å²) in [6, 6.07) is 36.9. The van der Waals surface area contributed by atoms with Gasteiger partial charge in [0.15, 0.2) is 0 Å². The van der Waals surface area contributed by atoms with Crippen molar-refractivity contribution in [3.05, 3.63) is 138 Å². The first-order valence-corrected chi connectivity index (χ1v) is 11.3. The van der Waals surface area contributed by atoms with Crippen LogP contribution < -0.4 is 16.0 Å². The maximum absolute atomic E-state index is 13.5. The van der Waals surface area contributed by atoms with E-state index in [1.54, 1.807) is 12.1 Å². The first kappa shape index (κ1) is 22.8. The Labute approximate surface area is 199 Å². The number of para-hydroxylation sites is 1. The van der Waals surface area contributed by atoms with Gasteiger partial charge in [-0.25, -0.2) is 4.79 Å². The van der Waals surface area contributed by atoms with Gasteiger partial charge in [0.25, 0.3) is 0 Å². The van der Waals surface area contributed by atoms with Crippen molar-refractivity contribution >= 4 is 17.6 Å². The number of anilines is 1. The van der Waals surface area contributed by atoms with Crippen molar-refractivity contribution in [2.24, 2.45) is 0 Å². The predicted octanol–water partition coefficient (Wildman–Crippen LogP) is 5.33. The summed E-state index contributed by atoms with van der Waals surface area (Å²) in [5.41, 5.74) is 3.55. The normalized spacial score (nSPS) is 11.4. The van der Waals surface area contributed by atoms with Gasteiger partial charge in [-0.2, -0.15) is 0 Å². The molecular formula is C29H27N3O2. The molecule has 0 aliphatic heterocycles. The molecule has 0 heterocycles. The zero-order chi connectivity index (χ0) is 23.6. The average Bonchev–Trinajstić information content (AvgIpc) is 2.89. The lowest BCUT2D eigenvalue weighted by atomic mass is 9.97. The largest absolute Gasteiger partial charge is 0.343 e. The lowest BCUT2D eigenvalue weighted by Gasteiger charge is -2.24. The molecule has 0 radical (unpaired) electrons. The number of carbonyl (C=O) groups excluding carboxylic acids is 2. The molecule has 34 heavy (non-hydrogen) atoms. The molecule has 4 rings (SSSR count). The van der Waals surface area contributed by atoms with Gasteiger partial charge < -0.3 is 16.0 Å². The lowest BCUT2D eigenvalue weighted by Crippen LogP contribution is -2.50. The van der Waals surface area contributed by atoms with Crippen LogP contribution in [0.2, 0.25) is 0 Å². The van der Waals surface area contributed by atoms with Crippen molar-refractivity contribution < 1.29 is 9.59 Å². The van der Waals surface area contributed by atoms with E-state index in [9.17, 15) is 9.59 Å². The highest BCUT2D eigenvalue weighted by atomic mass is 16.2. The van der Waals surface area contributed by atoms with Crippen LogP contribution in [-0.4, -0.2) is 18.0 Å². The minimum Gasteiger partial charge on any atom is -0.343 e. The van der Waals surface area contributed by atoms with E-state index in [1.165, 1.54) is 0 Å². The summed E-state index contributed by atoms with van der Waals surface area (Å²) < 4.78 is 0. The highest BCUT2D eigenvalue weighted by Crippen LogP contribution is 2.22. The van der Waals surface area contributed by atoms with Gasteiger partial charge in [-0.1, -0.05) is 109 Å². The Morgan fingerprint density at radius 2 is 1.06 bits per heavy atom. The minimum absolute atomic E-state index is 0.259. The molecule has 0 spiro atoms. The lowest BCUT2D eigenvalue weighted by molar-refractivity contribution is -0.123. The van der Waals surface area contributed by atoms with Gasteiger partial charge in [0.2, 0.25) is 5.91 Å². The summed E-state index contributed by atoms with van der Waals surface area (Å²) in [6.07, 6.45) is 0.366. The standard InChI is InChI=1S/C29H27N3O2/c33-28(32-27(23-15-7-2-8-16-23)24-17-9-3-10-18-24)26(21-22-13-5-1-6-14-22)31-29(34)30-25-19-11-4-12-20-25/h1-20,26-27H,21H2,(H,32,33)(H2,30,31,34). The van der Waals surface area contributed by atoms with Crippen molar-refractivity contribution in [2.45, 2.75) is 18.5 Å². The molecule has 3 N–H and O–H groups in total. The third kappa shape index (κ3) is 6.33. The zero-order valence-electron chi connectivity index (χ0n) is 18.7. The zero-order valence-corrected chi connectivity index (χ0v) is 18.7. The predicted molar refractivity (Wildman–Crippen MR) is 135 cm³/mol. The Balaban J connectivity index is 1.56. The van der Waals surface area contributed by atoms with Crippen molar-refractivity contribution in [1.82, 2.24) is 10.6 Å². The number of hydrogen-bond donors (Lipinski definition) is 3. The molecule has 0 fully saturated rings. The van der Waals surface area contributed by atoms with E-state index >= 15 is 0 Å². The summed E-state index contributed by atoms with van der Waals surface area (Å²) in [7, 11) is 0. The Kier molecular flexibility index (Phi) is 7.70. The average molecular weight is 450 g/mol. The van der Waals surface area contributed by atoms with E-state index < -0.39 is 12.1 Å². The maximum Gasteiger partial charge on any atom is 0.319 e. The van der Waals surface area contributed by atoms with Crippen molar-refractivity contribution in [3.8, 4) is 0 Å². The third-order valence-corrected chi connectivity index (χ3v) is 5.49. The molecule has 1 unspecified atom stereocenters. The van der Waals surface area contributed by atoms with Gasteiger partial charge in [0.1, 0.15) is 6.04 Å². The van der Waals surface area contributed by atoms with E-state index in [4.69, 9.17) is 0 Å². The number of hydrogen-bond acceptors (Lipinski definition) is 2. The fraction of sp³-hybridized carbons (Fsp3) is 0.103. The number of urea groups is 1. The molecule has 1 atom stereocenters. The van der Waals surface area contributed by atoms with E-state index in [0.717, 1.165) is 16.7 Å². The van der Waals surface area contributed by atoms with Crippen LogP contribution in [0.15, 0.2) is 121 Å². The van der Waals surface area contributed by atoms with Crippen LogP contribution >= 0.6 is 0 Å². The SMILES string of the molecule is O=C(Nc1ccccc1)NC(Cc1ccccc1)C(=O)NC(c1ccccc1)c1ccccc1. The molecule has 0 aliphatic rings. The van der Waals surface area contributed by atoms with E-state index in [2.05, 4.69) is 16.0 Å². The second-order valence-corrected chi connectivity index (χ2v) is 7.97. The highest BCUT2D eigenvalue weighted by Gasteiger charge is 2.25. The van der Waals surface area contributed by atoms with Gasteiger partial charge in [0, 0.05) is 12.1 Å². The molecule has 0 aromatic heterocycles. The molecule has 3 amide bonds. The molecular weight excluding hydrogens is 422 g/mol. The Morgan fingerprint density at radius 3 is 1.59 bits per heavy atom. The van der Waals surface area contributed by atoms with E-state index in [0.29, 0.717) is 12.1 Å². The molecule has 0 bridgehead atoms. The third-order valence-electron chi connectivity index (χ3n) is 5.49. The fourth-order valence-corrected chi connectivity index (χ4v) is 3.80. The van der Waals surface area contributed by atoms with Crippen LogP contribution in [0, 0.1) is 0 Å². The second kappa shape index (κ2) is 11.5. The molecule has 5 heteroatoms. The van der Waals surface area contributed by atoms with Gasteiger partial charge in [-0.15, -0.1) is 0 Å². The summed E-state index contributed by atoms with van der Waals surface area (Å²) in [6.45, 7) is 0. The molecule has 0 saturated carbocycles. The van der Waals surface area contributed by atoms with Crippen LogP contribution in [0.5, 0.6) is 0 Å². The molecule has 4 aromatic carbocycles. The monoisotopic (exact) mass is 449 g/mol. The summed E-state index contributed by atoms with van der Waals surface area (Å²) in [5, 5.41) is 8.82. The molecule has 4 aromatic rings. The quantitative estimate of drug-likeness (QED) is 0.340. The second-order valence-electron chi connectivity index (χ2n) is 7.97. The fourth-order valence-electron chi connectivity index (χ4n) is 3.80. The summed E-state index contributed by atoms with van der Waals surface area (Å²) >= 11 is 0. The number of carbonyl (C=O) groups is 2. The molecule has 0 aliphatic carbocycles. The Morgan fingerprint density at radius 1 is 0.588 bits per heavy atom. The van der Waals surface area contributed by atoms with Crippen molar-refractivity contribution in [1.29, 1.82) is 0 Å². The number of rotatable bonds is 8. The first-order valence-electron chi connectivity index (χ1n) is 11.3. The van der Waals surface area contributed by atoms with E-state index in [-0.39, 0.29) is 11.9 Å². The number of amides is 3. The molecule has 5 nitrogen and oxygen atoms in total. The smallest absolute Gasteiger partial charge is 0.319 e. The van der Waals surface area contributed by atoms with Crippen LogP contribution in [0.4, 0.5) is 10.5 Å². The van der Waals surface area contributed by atoms with Crippen LogP contribution in [-0.2, 0) is 11.2 Å². The summed E-state index contributed by atoms with van der Waals surface area (Å²) in [4.78, 5) is 26.3. The minimum atomic E-state index is -0.763. The van der Waals surface area contributed by atoms with Gasteiger partial charge >= 0.3 is 6.03 Å². The van der Waals surface area contributed by atoms with Crippen LogP contribution in [0.3, 0.4) is 0 Å². The maximum atomic E-state index is 13.5. The topological polar surface area (TPSA) is 70.2 Å². The van der Waals surface area contributed by atoms with Crippen molar-refractivity contribution in [3.63, 3.8) is 0 Å². The number of benzene rings is 4. The first-order chi connectivity index (χ1) is 16.7. The number of nitrogens with one attached hydrogen (secondary N) is 3. The molecule has 0 saturated heterocycles. The Hall–Kier alpha value is -4.38. The summed E-state index contributed by atoms with van der Waals surface area (Å²) in [5.74, 6) is -0.259. The van der Waals surface area contributed by atoms with Crippen LogP contribution in [0.25, 0.3) is 0 Å². The van der Waals surface area contributed by atoms with Gasteiger partial charge in [0.05, 0.1) is 6.04 Å². The van der Waals surface area contributed by atoms with Gasteiger partial charge in [-0.3, -0.25) is 4.79 Å². The highest BCUT2D eigenvalue weighted by molar-refractivity contribution is 5.94. The van der Waals surface area contributed by atoms with Crippen molar-refractivity contribution in [2.75, 3.05) is 5.32 Å².